The molecule has 1 heterocycles. The first-order valence-electron chi connectivity index (χ1n) is 4.47. The second kappa shape index (κ2) is 4.33. The van der Waals surface area contributed by atoms with Gasteiger partial charge in [-0.25, -0.2) is 0 Å². The third kappa shape index (κ3) is 4.00. The van der Waals surface area contributed by atoms with Crippen LogP contribution in [-0.2, 0) is 4.74 Å². The number of halogens is 3. The van der Waals surface area contributed by atoms with Crippen molar-refractivity contribution in [2.24, 2.45) is 0 Å². The number of likely N-dealkylation sites (tertiary alicyclic amines) is 1. The van der Waals surface area contributed by atoms with Crippen LogP contribution in [0.5, 0.6) is 0 Å². The summed E-state index contributed by atoms with van der Waals surface area (Å²) in [6.45, 7) is -3.73. The summed E-state index contributed by atoms with van der Waals surface area (Å²) in [5.74, 6) is 0. The van der Waals surface area contributed by atoms with E-state index in [4.69, 9.17) is 4.74 Å². The molecule has 0 radical (unpaired) electrons. The highest BCUT2D eigenvalue weighted by molar-refractivity contribution is 6.58. The molecule has 0 amide bonds. The lowest BCUT2D eigenvalue weighted by Crippen LogP contribution is -2.45. The van der Waals surface area contributed by atoms with Crippen molar-refractivity contribution < 1.29 is 17.7 Å². The Morgan fingerprint density at radius 1 is 1.46 bits per heavy atom. The van der Waals surface area contributed by atoms with Crippen LogP contribution in [-0.4, -0.2) is 44.6 Å². The molecule has 0 aromatic carbocycles. The van der Waals surface area contributed by atoms with Crippen LogP contribution in [0.1, 0.15) is 12.8 Å². The Morgan fingerprint density at radius 3 is 2.69 bits per heavy atom. The molecule has 0 N–H and O–H groups in total. The van der Waals surface area contributed by atoms with E-state index in [1.165, 1.54) is 4.90 Å². The molecule has 0 bridgehead atoms. The van der Waals surface area contributed by atoms with Crippen LogP contribution in [0.3, 0.4) is 0 Å². The number of hydrogen-bond donors (Lipinski definition) is 0. The predicted octanol–water partition coefficient (Wildman–Crippen LogP) is 1.48. The Balaban J connectivity index is 2.34. The number of nitrogens with zero attached hydrogens (tertiary/aromatic N) is 1. The Hall–Kier alpha value is -0.225. The van der Waals surface area contributed by atoms with Gasteiger partial charge in [-0.15, -0.1) is 0 Å². The average molecular weight is 196 g/mol. The maximum Gasteiger partial charge on any atom is 0.492 e. The predicted molar refractivity (Wildman–Crippen MR) is 45.5 cm³/mol. The van der Waals surface area contributed by atoms with E-state index in [1.807, 2.05) is 0 Å². The summed E-state index contributed by atoms with van der Waals surface area (Å²) in [6.07, 6.45) is 0.898. The lowest BCUT2D eigenvalue weighted by Gasteiger charge is -2.34. The van der Waals surface area contributed by atoms with Crippen LogP contribution < -0.4 is 0 Å². The topological polar surface area (TPSA) is 12.5 Å². The molecule has 1 unspecified atom stereocenters. The Labute approximate surface area is 76.1 Å². The van der Waals surface area contributed by atoms with E-state index in [1.54, 1.807) is 7.11 Å². The van der Waals surface area contributed by atoms with Gasteiger partial charge in [0.05, 0.1) is 6.10 Å². The second-order valence-corrected chi connectivity index (χ2v) is 3.47. The Kier molecular flexibility index (Phi) is 3.61. The molecular formula is C7H14BF3NO-. The molecule has 0 saturated carbocycles. The summed E-state index contributed by atoms with van der Waals surface area (Å²) >= 11 is 0. The van der Waals surface area contributed by atoms with Crippen LogP contribution in [0.2, 0.25) is 0 Å². The standard InChI is InChI=1S/C7H14BF3NO/c1-13-7-3-2-4-12(5-7)6-8(9,10)11/h7H,2-6H2,1H3/q-1. The van der Waals surface area contributed by atoms with Gasteiger partial charge in [0, 0.05) is 13.7 Å². The van der Waals surface area contributed by atoms with Crippen LogP contribution in [0.15, 0.2) is 0 Å². The van der Waals surface area contributed by atoms with Gasteiger partial charge >= 0.3 is 6.98 Å². The van der Waals surface area contributed by atoms with Crippen molar-refractivity contribution in [1.29, 1.82) is 0 Å². The molecule has 0 aromatic heterocycles. The lowest BCUT2D eigenvalue weighted by atomic mass is 9.90. The summed E-state index contributed by atoms with van der Waals surface area (Å²) in [7, 11) is 1.55. The monoisotopic (exact) mass is 196 g/mol. The third-order valence-corrected chi connectivity index (χ3v) is 2.26. The molecule has 2 nitrogen and oxygen atoms in total. The molecule has 1 saturated heterocycles. The van der Waals surface area contributed by atoms with E-state index >= 15 is 0 Å². The molecule has 1 fully saturated rings. The molecule has 0 aliphatic carbocycles. The summed E-state index contributed by atoms with van der Waals surface area (Å²) < 4.78 is 41.2. The fraction of sp³-hybridized carbons (Fsp3) is 1.00. The van der Waals surface area contributed by atoms with Crippen molar-refractivity contribution in [3.8, 4) is 0 Å². The first kappa shape index (κ1) is 10.9. The minimum Gasteiger partial charge on any atom is -0.448 e. The molecule has 1 aliphatic heterocycles. The highest BCUT2D eigenvalue weighted by atomic mass is 19.4. The van der Waals surface area contributed by atoms with Gasteiger partial charge in [0.1, 0.15) is 0 Å². The molecule has 78 valence electrons. The zero-order valence-electron chi connectivity index (χ0n) is 7.68. The Morgan fingerprint density at radius 2 is 2.15 bits per heavy atom. The van der Waals surface area contributed by atoms with Gasteiger partial charge in [-0.2, -0.15) is 0 Å². The van der Waals surface area contributed by atoms with Crippen molar-refractivity contribution in [1.82, 2.24) is 4.90 Å². The number of rotatable bonds is 3. The summed E-state index contributed by atoms with van der Waals surface area (Å²) in [4.78, 5) is 1.43. The van der Waals surface area contributed by atoms with Crippen LogP contribution in [0, 0.1) is 0 Å². The quantitative estimate of drug-likeness (QED) is 0.634. The molecule has 0 aromatic rings. The first-order chi connectivity index (χ1) is 6.01. The van der Waals surface area contributed by atoms with E-state index in [-0.39, 0.29) is 6.10 Å². The van der Waals surface area contributed by atoms with E-state index < -0.39 is 13.4 Å². The van der Waals surface area contributed by atoms with E-state index in [0.717, 1.165) is 12.8 Å². The van der Waals surface area contributed by atoms with Gasteiger partial charge in [-0.3, -0.25) is 0 Å². The highest BCUT2D eigenvalue weighted by Crippen LogP contribution is 2.17. The largest absolute Gasteiger partial charge is 0.492 e. The van der Waals surface area contributed by atoms with Crippen molar-refractivity contribution in [3.63, 3.8) is 0 Å². The molecule has 0 spiro atoms. The minimum atomic E-state index is -4.69. The third-order valence-electron chi connectivity index (χ3n) is 2.26. The maximum absolute atomic E-state index is 12.1. The fourth-order valence-electron chi connectivity index (χ4n) is 1.66. The smallest absolute Gasteiger partial charge is 0.448 e. The van der Waals surface area contributed by atoms with Crippen molar-refractivity contribution in [2.75, 3.05) is 26.6 Å². The normalized spacial score (nSPS) is 26.3. The molecule has 6 heteroatoms. The van der Waals surface area contributed by atoms with Crippen LogP contribution in [0.4, 0.5) is 12.9 Å². The lowest BCUT2D eigenvalue weighted by molar-refractivity contribution is 0.0349. The summed E-state index contributed by atoms with van der Waals surface area (Å²) in [5, 5.41) is 0. The SMILES string of the molecule is COC1CCCN(C[B-](F)(F)F)C1. The summed E-state index contributed by atoms with van der Waals surface area (Å²) in [5.41, 5.74) is 0. The zero-order valence-corrected chi connectivity index (χ0v) is 7.68. The maximum atomic E-state index is 12.1. The number of hydrogen-bond acceptors (Lipinski definition) is 2. The first-order valence-corrected chi connectivity index (χ1v) is 4.47. The van der Waals surface area contributed by atoms with Gasteiger partial charge in [-0.05, 0) is 25.8 Å². The number of ether oxygens (including phenoxy) is 1. The number of methoxy groups -OCH3 is 1. The van der Waals surface area contributed by atoms with Gasteiger partial charge in [0.2, 0.25) is 0 Å². The van der Waals surface area contributed by atoms with Crippen molar-refractivity contribution in [2.45, 2.75) is 18.9 Å². The van der Waals surface area contributed by atoms with Crippen LogP contribution >= 0.6 is 0 Å². The van der Waals surface area contributed by atoms with E-state index in [9.17, 15) is 12.9 Å². The minimum absolute atomic E-state index is 0.0214. The highest BCUT2D eigenvalue weighted by Gasteiger charge is 2.29. The molecule has 1 rings (SSSR count). The molecular weight excluding hydrogens is 182 g/mol. The van der Waals surface area contributed by atoms with Crippen molar-refractivity contribution in [3.05, 3.63) is 0 Å². The van der Waals surface area contributed by atoms with E-state index in [0.29, 0.717) is 13.1 Å². The van der Waals surface area contributed by atoms with Gasteiger partial charge in [0.25, 0.3) is 0 Å². The average Bonchev–Trinajstić information content (AvgIpc) is 2.01. The zero-order chi connectivity index (χ0) is 9.90. The molecule has 13 heavy (non-hydrogen) atoms. The summed E-state index contributed by atoms with van der Waals surface area (Å²) in [6, 6.07) is 0. The van der Waals surface area contributed by atoms with Gasteiger partial charge in [0.15, 0.2) is 0 Å². The number of piperidine rings is 1. The van der Waals surface area contributed by atoms with E-state index in [2.05, 4.69) is 0 Å². The molecule has 1 aliphatic rings. The van der Waals surface area contributed by atoms with Crippen molar-refractivity contribution >= 4 is 6.98 Å². The fourth-order valence-corrected chi connectivity index (χ4v) is 1.66. The van der Waals surface area contributed by atoms with Gasteiger partial charge < -0.3 is 22.6 Å². The Bertz CT molecular complexity index is 164. The molecule has 1 atom stereocenters. The second-order valence-electron chi connectivity index (χ2n) is 3.47. The van der Waals surface area contributed by atoms with Gasteiger partial charge in [-0.1, -0.05) is 0 Å². The van der Waals surface area contributed by atoms with Crippen LogP contribution in [0.25, 0.3) is 0 Å².